The number of nitrogens with one attached hydrogen (secondary N) is 1. The highest BCUT2D eigenvalue weighted by molar-refractivity contribution is 6.04. The van der Waals surface area contributed by atoms with E-state index in [2.05, 4.69) is 10.3 Å². The molecule has 3 heterocycles. The van der Waals surface area contributed by atoms with Gasteiger partial charge in [-0.2, -0.15) is 0 Å². The van der Waals surface area contributed by atoms with Crippen molar-refractivity contribution < 1.29 is 14.4 Å². The van der Waals surface area contributed by atoms with Crippen LogP contribution in [-0.2, 0) is 16.0 Å². The van der Waals surface area contributed by atoms with Gasteiger partial charge in [-0.05, 0) is 37.3 Å². The number of carbonyl (C=O) groups is 3. The second kappa shape index (κ2) is 6.76. The molecule has 0 aliphatic carbocycles. The molecule has 1 aromatic heterocycles. The topological polar surface area (TPSA) is 82.6 Å². The van der Waals surface area contributed by atoms with Crippen LogP contribution in [0.25, 0.3) is 0 Å². The molecule has 0 radical (unpaired) electrons. The summed E-state index contributed by atoms with van der Waals surface area (Å²) < 4.78 is 0. The van der Waals surface area contributed by atoms with Crippen LogP contribution in [0.2, 0.25) is 0 Å². The summed E-state index contributed by atoms with van der Waals surface area (Å²) in [7, 11) is 0. The van der Waals surface area contributed by atoms with Crippen LogP contribution in [0.15, 0.2) is 24.4 Å². The van der Waals surface area contributed by atoms with E-state index in [1.807, 2.05) is 18.2 Å². The van der Waals surface area contributed by atoms with Crippen molar-refractivity contribution >= 4 is 17.8 Å². The molecular weight excluding hydrogens is 296 g/mol. The third kappa shape index (κ3) is 3.67. The monoisotopic (exact) mass is 316 g/mol. The third-order valence-corrected chi connectivity index (χ3v) is 4.33. The average molecular weight is 316 g/mol. The predicted molar refractivity (Wildman–Crippen MR) is 82.4 cm³/mol. The van der Waals surface area contributed by atoms with E-state index in [1.165, 1.54) is 0 Å². The second-order valence-corrected chi connectivity index (χ2v) is 6.01. The lowest BCUT2D eigenvalue weighted by Gasteiger charge is -2.33. The van der Waals surface area contributed by atoms with Gasteiger partial charge in [0.15, 0.2) is 0 Å². The zero-order valence-corrected chi connectivity index (χ0v) is 12.9. The van der Waals surface area contributed by atoms with Crippen LogP contribution in [0, 0.1) is 5.92 Å². The Morgan fingerprint density at radius 2 is 2.22 bits per heavy atom. The number of hydrogen-bond donors (Lipinski definition) is 1. The Kier molecular flexibility index (Phi) is 4.55. The van der Waals surface area contributed by atoms with Crippen molar-refractivity contribution in [3.63, 3.8) is 0 Å². The standard InChI is InChI=1S/C16H20N4O3/c21-14-9-18-16(23)20(14)11-15(22)19-7-3-4-12(10-19)8-13-5-1-2-6-17-13/h1-2,5-6,12H,3-4,7-11H2,(H,18,23). The fraction of sp³-hybridized carbons (Fsp3) is 0.500. The fourth-order valence-corrected chi connectivity index (χ4v) is 3.12. The predicted octanol–water partition coefficient (Wildman–Crippen LogP) is 0.414. The quantitative estimate of drug-likeness (QED) is 0.816. The highest BCUT2D eigenvalue weighted by Gasteiger charge is 2.32. The van der Waals surface area contributed by atoms with Crippen LogP contribution in [0.3, 0.4) is 0 Å². The number of likely N-dealkylation sites (tertiary alicyclic amines) is 1. The Morgan fingerprint density at radius 3 is 2.91 bits per heavy atom. The summed E-state index contributed by atoms with van der Waals surface area (Å²) in [6, 6.07) is 5.36. The number of amides is 4. The number of pyridine rings is 1. The molecule has 1 aromatic rings. The van der Waals surface area contributed by atoms with Gasteiger partial charge < -0.3 is 10.2 Å². The molecule has 1 unspecified atom stereocenters. The molecule has 1 N–H and O–H groups in total. The highest BCUT2D eigenvalue weighted by Crippen LogP contribution is 2.20. The van der Waals surface area contributed by atoms with Crippen LogP contribution in [0.4, 0.5) is 4.79 Å². The summed E-state index contributed by atoms with van der Waals surface area (Å²) in [5, 5.41) is 2.43. The molecule has 3 rings (SSSR count). The summed E-state index contributed by atoms with van der Waals surface area (Å²) in [5.41, 5.74) is 1.03. The third-order valence-electron chi connectivity index (χ3n) is 4.33. The van der Waals surface area contributed by atoms with Crippen molar-refractivity contribution in [3.05, 3.63) is 30.1 Å². The Bertz CT molecular complexity index is 589. The first-order valence-electron chi connectivity index (χ1n) is 7.89. The van der Waals surface area contributed by atoms with Crippen molar-refractivity contribution in [3.8, 4) is 0 Å². The van der Waals surface area contributed by atoms with E-state index >= 15 is 0 Å². The lowest BCUT2D eigenvalue weighted by molar-refractivity contribution is -0.137. The van der Waals surface area contributed by atoms with E-state index in [9.17, 15) is 14.4 Å². The smallest absolute Gasteiger partial charge is 0.325 e. The minimum atomic E-state index is -0.481. The van der Waals surface area contributed by atoms with Crippen molar-refractivity contribution in [2.24, 2.45) is 5.92 Å². The molecule has 0 bridgehead atoms. The first-order chi connectivity index (χ1) is 11.1. The molecule has 0 aromatic carbocycles. The van der Waals surface area contributed by atoms with Gasteiger partial charge in [-0.25, -0.2) is 4.79 Å². The minimum Gasteiger partial charge on any atom is -0.341 e. The molecule has 4 amide bonds. The lowest BCUT2D eigenvalue weighted by atomic mass is 9.93. The Morgan fingerprint density at radius 1 is 1.35 bits per heavy atom. The summed E-state index contributed by atoms with van der Waals surface area (Å²) >= 11 is 0. The van der Waals surface area contributed by atoms with Crippen LogP contribution in [0.5, 0.6) is 0 Å². The van der Waals surface area contributed by atoms with Crippen molar-refractivity contribution in [1.29, 1.82) is 0 Å². The zero-order chi connectivity index (χ0) is 16.2. The molecule has 2 aliphatic rings. The van der Waals surface area contributed by atoms with Gasteiger partial charge in [-0.15, -0.1) is 0 Å². The normalized spacial score (nSPS) is 21.5. The number of urea groups is 1. The molecule has 0 saturated carbocycles. The van der Waals surface area contributed by atoms with E-state index < -0.39 is 6.03 Å². The Hall–Kier alpha value is -2.44. The lowest BCUT2D eigenvalue weighted by Crippen LogP contribution is -2.47. The average Bonchev–Trinajstić information content (AvgIpc) is 2.88. The van der Waals surface area contributed by atoms with Crippen LogP contribution in [0.1, 0.15) is 18.5 Å². The van der Waals surface area contributed by atoms with E-state index in [1.54, 1.807) is 11.1 Å². The van der Waals surface area contributed by atoms with Gasteiger partial charge >= 0.3 is 6.03 Å². The maximum absolute atomic E-state index is 12.4. The number of carbonyl (C=O) groups excluding carboxylic acids is 3. The van der Waals surface area contributed by atoms with E-state index in [0.717, 1.165) is 29.9 Å². The highest BCUT2D eigenvalue weighted by atomic mass is 16.2. The number of hydrogen-bond acceptors (Lipinski definition) is 4. The largest absolute Gasteiger partial charge is 0.341 e. The van der Waals surface area contributed by atoms with E-state index in [0.29, 0.717) is 19.0 Å². The molecule has 23 heavy (non-hydrogen) atoms. The maximum Gasteiger partial charge on any atom is 0.325 e. The van der Waals surface area contributed by atoms with Gasteiger partial charge in [0.05, 0.1) is 6.54 Å². The van der Waals surface area contributed by atoms with Gasteiger partial charge in [0.2, 0.25) is 5.91 Å². The van der Waals surface area contributed by atoms with Crippen LogP contribution < -0.4 is 5.32 Å². The summed E-state index contributed by atoms with van der Waals surface area (Å²) in [4.78, 5) is 42.6. The number of aromatic nitrogens is 1. The van der Waals surface area contributed by atoms with Crippen molar-refractivity contribution in [2.75, 3.05) is 26.2 Å². The Labute approximate surface area is 134 Å². The minimum absolute atomic E-state index is 0.0194. The molecular formula is C16H20N4O3. The number of piperidine rings is 1. The number of nitrogens with zero attached hydrogens (tertiary/aromatic N) is 3. The van der Waals surface area contributed by atoms with Crippen LogP contribution >= 0.6 is 0 Å². The number of imide groups is 1. The molecule has 7 nitrogen and oxygen atoms in total. The van der Waals surface area contributed by atoms with Gasteiger partial charge in [-0.1, -0.05) is 6.07 Å². The number of rotatable bonds is 4. The molecule has 0 spiro atoms. The van der Waals surface area contributed by atoms with E-state index in [4.69, 9.17) is 0 Å². The molecule has 2 saturated heterocycles. The summed E-state index contributed by atoms with van der Waals surface area (Å²) in [6.45, 7) is 1.15. The summed E-state index contributed by atoms with van der Waals surface area (Å²) in [5.74, 6) is -0.141. The first kappa shape index (κ1) is 15.5. The molecule has 2 fully saturated rings. The van der Waals surface area contributed by atoms with Gasteiger partial charge in [0.1, 0.15) is 6.54 Å². The van der Waals surface area contributed by atoms with Gasteiger partial charge in [0.25, 0.3) is 5.91 Å². The second-order valence-electron chi connectivity index (χ2n) is 6.01. The zero-order valence-electron chi connectivity index (χ0n) is 12.9. The van der Waals surface area contributed by atoms with Gasteiger partial charge in [-0.3, -0.25) is 19.5 Å². The first-order valence-corrected chi connectivity index (χ1v) is 7.89. The van der Waals surface area contributed by atoms with Crippen LogP contribution in [-0.4, -0.2) is 58.8 Å². The van der Waals surface area contributed by atoms with Crippen molar-refractivity contribution in [2.45, 2.75) is 19.3 Å². The summed E-state index contributed by atoms with van der Waals surface area (Å²) in [6.07, 6.45) is 4.61. The van der Waals surface area contributed by atoms with Crippen molar-refractivity contribution in [1.82, 2.24) is 20.1 Å². The maximum atomic E-state index is 12.4. The molecule has 2 aliphatic heterocycles. The fourth-order valence-electron chi connectivity index (χ4n) is 3.12. The SMILES string of the molecule is O=C(CN1C(=O)CNC1=O)N1CCCC(Cc2ccccn2)C1. The molecule has 1 atom stereocenters. The Balaban J connectivity index is 1.56. The van der Waals surface area contributed by atoms with E-state index in [-0.39, 0.29) is 24.9 Å². The molecule has 7 heteroatoms. The molecule has 122 valence electrons. The van der Waals surface area contributed by atoms with Gasteiger partial charge in [0, 0.05) is 25.0 Å².